The first-order valence-electron chi connectivity index (χ1n) is 6.12. The highest BCUT2D eigenvalue weighted by Gasteiger charge is 2.28. The van der Waals surface area contributed by atoms with E-state index in [0.717, 1.165) is 13.0 Å². The van der Waals surface area contributed by atoms with Gasteiger partial charge in [-0.3, -0.25) is 0 Å². The highest BCUT2D eigenvalue weighted by atomic mass is 32.2. The van der Waals surface area contributed by atoms with Crippen LogP contribution in [0.5, 0.6) is 0 Å². The van der Waals surface area contributed by atoms with Gasteiger partial charge >= 0.3 is 5.97 Å². The number of methoxy groups -OCH3 is 1. The number of nitrogens with one attached hydrogen (secondary N) is 1. The molecule has 0 aromatic carbocycles. The van der Waals surface area contributed by atoms with Crippen molar-refractivity contribution in [3.63, 3.8) is 0 Å². The lowest BCUT2D eigenvalue weighted by Crippen LogP contribution is -2.39. The van der Waals surface area contributed by atoms with Crippen LogP contribution < -0.4 is 5.32 Å². The summed E-state index contributed by atoms with van der Waals surface area (Å²) in [7, 11) is -2.02. The van der Waals surface area contributed by atoms with E-state index in [1.807, 2.05) is 0 Å². The van der Waals surface area contributed by atoms with Gasteiger partial charge in [0, 0.05) is 6.54 Å². The maximum atomic E-state index is 12.2. The number of carbonyl (C=O) groups excluding carboxylic acids is 1. The van der Waals surface area contributed by atoms with Crippen molar-refractivity contribution in [2.75, 3.05) is 20.2 Å². The maximum absolute atomic E-state index is 12.2. The molecule has 1 aliphatic rings. The number of piperidine rings is 1. The standard InChI is InChI=1S/C12H17NO5S/c1-17-12(14)11-5-4-9(18-11)8-19(15,16)10-3-2-6-13-7-10/h4-5,10,13H,2-3,6-8H2,1H3. The van der Waals surface area contributed by atoms with Gasteiger partial charge in [-0.1, -0.05) is 0 Å². The number of ether oxygens (including phenoxy) is 1. The second kappa shape index (κ2) is 5.75. The highest BCUT2D eigenvalue weighted by molar-refractivity contribution is 7.91. The third-order valence-corrected chi connectivity index (χ3v) is 5.26. The van der Waals surface area contributed by atoms with Crippen LogP contribution in [-0.2, 0) is 20.3 Å². The number of rotatable bonds is 4. The van der Waals surface area contributed by atoms with Crippen molar-refractivity contribution in [3.05, 3.63) is 23.7 Å². The van der Waals surface area contributed by atoms with Gasteiger partial charge in [0.2, 0.25) is 5.76 Å². The van der Waals surface area contributed by atoms with E-state index in [0.29, 0.717) is 13.0 Å². The monoisotopic (exact) mass is 287 g/mol. The maximum Gasteiger partial charge on any atom is 0.373 e. The molecule has 1 fully saturated rings. The van der Waals surface area contributed by atoms with Crippen LogP contribution in [0.2, 0.25) is 0 Å². The van der Waals surface area contributed by atoms with Crippen molar-refractivity contribution in [1.82, 2.24) is 5.32 Å². The van der Waals surface area contributed by atoms with Crippen molar-refractivity contribution in [2.24, 2.45) is 0 Å². The zero-order chi connectivity index (χ0) is 13.9. The van der Waals surface area contributed by atoms with Crippen molar-refractivity contribution in [3.8, 4) is 0 Å². The Labute approximate surface area is 112 Å². The Bertz CT molecular complexity index is 542. The van der Waals surface area contributed by atoms with Crippen molar-refractivity contribution in [2.45, 2.75) is 23.8 Å². The smallest absolute Gasteiger partial charge is 0.373 e. The normalized spacial score (nSPS) is 20.2. The molecule has 1 N–H and O–H groups in total. The molecule has 1 aromatic rings. The van der Waals surface area contributed by atoms with Crippen molar-refractivity contribution >= 4 is 15.8 Å². The summed E-state index contributed by atoms with van der Waals surface area (Å²) < 4.78 is 34.1. The number of hydrogen-bond acceptors (Lipinski definition) is 6. The molecule has 2 heterocycles. The minimum absolute atomic E-state index is 0.0227. The molecule has 0 bridgehead atoms. The summed E-state index contributed by atoms with van der Waals surface area (Å²) in [6.07, 6.45) is 1.52. The molecule has 0 saturated carbocycles. The Balaban J connectivity index is 2.07. The van der Waals surface area contributed by atoms with E-state index >= 15 is 0 Å². The van der Waals surface area contributed by atoms with E-state index in [2.05, 4.69) is 10.1 Å². The third kappa shape index (κ3) is 3.36. The molecular weight excluding hydrogens is 270 g/mol. The fraction of sp³-hybridized carbons (Fsp3) is 0.583. The number of hydrogen-bond donors (Lipinski definition) is 1. The lowest BCUT2D eigenvalue weighted by Gasteiger charge is -2.22. The van der Waals surface area contributed by atoms with Crippen LogP contribution in [-0.4, -0.2) is 39.8 Å². The topological polar surface area (TPSA) is 85.6 Å². The zero-order valence-corrected chi connectivity index (χ0v) is 11.5. The minimum Gasteiger partial charge on any atom is -0.463 e. The molecular formula is C12H17NO5S. The van der Waals surface area contributed by atoms with Gasteiger partial charge in [-0.15, -0.1) is 0 Å². The number of sulfone groups is 1. The molecule has 0 radical (unpaired) electrons. The van der Waals surface area contributed by atoms with Crippen molar-refractivity contribution in [1.29, 1.82) is 0 Å². The fourth-order valence-electron chi connectivity index (χ4n) is 2.11. The van der Waals surface area contributed by atoms with E-state index in [1.54, 1.807) is 0 Å². The zero-order valence-electron chi connectivity index (χ0n) is 10.7. The molecule has 1 unspecified atom stereocenters. The molecule has 0 spiro atoms. The molecule has 1 atom stereocenters. The first-order valence-corrected chi connectivity index (χ1v) is 7.84. The molecule has 6 nitrogen and oxygen atoms in total. The average Bonchev–Trinajstić information content (AvgIpc) is 2.86. The number of esters is 1. The van der Waals surface area contributed by atoms with Gasteiger partial charge in [0.05, 0.1) is 12.4 Å². The lowest BCUT2D eigenvalue weighted by atomic mass is 10.2. The van der Waals surface area contributed by atoms with E-state index in [9.17, 15) is 13.2 Å². The van der Waals surface area contributed by atoms with Gasteiger partial charge in [0.15, 0.2) is 9.84 Å². The Morgan fingerprint density at radius 1 is 1.53 bits per heavy atom. The molecule has 7 heteroatoms. The van der Waals surface area contributed by atoms with Crippen LogP contribution in [0.1, 0.15) is 29.2 Å². The Morgan fingerprint density at radius 2 is 2.32 bits per heavy atom. The van der Waals surface area contributed by atoms with Gasteiger partial charge < -0.3 is 14.5 Å². The lowest BCUT2D eigenvalue weighted by molar-refractivity contribution is 0.0563. The summed E-state index contributed by atoms with van der Waals surface area (Å²) >= 11 is 0. The minimum atomic E-state index is -3.26. The Morgan fingerprint density at radius 3 is 2.95 bits per heavy atom. The Kier molecular flexibility index (Phi) is 4.26. The van der Waals surface area contributed by atoms with Gasteiger partial charge in [-0.25, -0.2) is 13.2 Å². The first-order chi connectivity index (χ1) is 9.03. The molecule has 0 amide bonds. The van der Waals surface area contributed by atoms with E-state index in [-0.39, 0.29) is 22.5 Å². The highest BCUT2D eigenvalue weighted by Crippen LogP contribution is 2.19. The van der Waals surface area contributed by atoms with Gasteiger partial charge in [-0.05, 0) is 31.5 Å². The molecule has 1 aromatic heterocycles. The molecule has 106 valence electrons. The van der Waals surface area contributed by atoms with Crippen LogP contribution in [0.4, 0.5) is 0 Å². The predicted octanol–water partition coefficient (Wildman–Crippen LogP) is 0.733. The number of furan rings is 1. The van der Waals surface area contributed by atoms with Crippen LogP contribution >= 0.6 is 0 Å². The number of carbonyl (C=O) groups is 1. The first kappa shape index (κ1) is 14.1. The summed E-state index contributed by atoms with van der Waals surface area (Å²) in [5.74, 6) is -0.500. The molecule has 19 heavy (non-hydrogen) atoms. The van der Waals surface area contributed by atoms with Gasteiger partial charge in [-0.2, -0.15) is 0 Å². The summed E-state index contributed by atoms with van der Waals surface area (Å²) in [4.78, 5) is 11.2. The summed E-state index contributed by atoms with van der Waals surface area (Å²) in [5, 5.41) is 2.69. The van der Waals surface area contributed by atoms with Crippen LogP contribution in [0, 0.1) is 0 Å². The van der Waals surface area contributed by atoms with Crippen LogP contribution in [0.15, 0.2) is 16.5 Å². The average molecular weight is 287 g/mol. The molecule has 0 aliphatic carbocycles. The van der Waals surface area contributed by atoms with Gasteiger partial charge in [0.1, 0.15) is 11.5 Å². The van der Waals surface area contributed by atoms with Crippen LogP contribution in [0.3, 0.4) is 0 Å². The molecule has 2 rings (SSSR count). The SMILES string of the molecule is COC(=O)c1ccc(CS(=O)(=O)C2CCCNC2)o1. The quantitative estimate of drug-likeness (QED) is 0.822. The van der Waals surface area contributed by atoms with Crippen LogP contribution in [0.25, 0.3) is 0 Å². The van der Waals surface area contributed by atoms with E-state index in [4.69, 9.17) is 4.42 Å². The predicted molar refractivity (Wildman–Crippen MR) is 68.6 cm³/mol. The largest absolute Gasteiger partial charge is 0.463 e. The Hall–Kier alpha value is -1.34. The second-order valence-corrected chi connectivity index (χ2v) is 6.81. The summed E-state index contributed by atoms with van der Waals surface area (Å²) in [5.41, 5.74) is 0. The van der Waals surface area contributed by atoms with Gasteiger partial charge in [0.25, 0.3) is 0 Å². The second-order valence-electron chi connectivity index (χ2n) is 4.53. The summed E-state index contributed by atoms with van der Waals surface area (Å²) in [6.45, 7) is 1.34. The molecule has 1 saturated heterocycles. The summed E-state index contributed by atoms with van der Waals surface area (Å²) in [6, 6.07) is 2.93. The van der Waals surface area contributed by atoms with Crippen molar-refractivity contribution < 1.29 is 22.4 Å². The molecule has 1 aliphatic heterocycles. The fourth-order valence-corrected chi connectivity index (χ4v) is 3.79. The van der Waals surface area contributed by atoms with E-state index in [1.165, 1.54) is 19.2 Å². The third-order valence-electron chi connectivity index (χ3n) is 3.15. The van der Waals surface area contributed by atoms with E-state index < -0.39 is 15.8 Å².